The Bertz CT molecular complexity index is 713. The molecule has 2 aromatic rings. The summed E-state index contributed by atoms with van der Waals surface area (Å²) in [7, 11) is 1.51. The van der Waals surface area contributed by atoms with E-state index >= 15 is 0 Å². The number of aryl methyl sites for hydroxylation is 1. The van der Waals surface area contributed by atoms with Crippen LogP contribution in [0.25, 0.3) is 10.6 Å². The molecule has 0 saturated heterocycles. The second-order valence-corrected chi connectivity index (χ2v) is 5.43. The molecule has 22 heavy (non-hydrogen) atoms. The highest BCUT2D eigenvalue weighted by Crippen LogP contribution is 2.29. The lowest BCUT2D eigenvalue weighted by Crippen LogP contribution is -2.29. The predicted molar refractivity (Wildman–Crippen MR) is 84.5 cm³/mol. The average Bonchev–Trinajstić information content (AvgIpc) is 2.96. The van der Waals surface area contributed by atoms with Gasteiger partial charge in [0.15, 0.2) is 0 Å². The Morgan fingerprint density at radius 2 is 2.23 bits per heavy atom. The molecule has 0 aliphatic rings. The smallest absolute Gasteiger partial charge is 0.334 e. The molecular weight excluding hydrogens is 305 g/mol. The molecule has 2 rings (SSSR count). The molecule has 2 heterocycles. The Morgan fingerprint density at radius 3 is 2.86 bits per heavy atom. The van der Waals surface area contributed by atoms with E-state index in [1.54, 1.807) is 13.1 Å². The van der Waals surface area contributed by atoms with Crippen molar-refractivity contribution < 1.29 is 9.18 Å². The van der Waals surface area contributed by atoms with Crippen LogP contribution < -0.4 is 10.7 Å². The average molecular weight is 321 g/mol. The van der Waals surface area contributed by atoms with Crippen molar-refractivity contribution in [1.82, 2.24) is 20.7 Å². The minimum absolute atomic E-state index is 0.392. The lowest BCUT2D eigenvalue weighted by molar-refractivity contribution is 0.243. The Kier molecular flexibility index (Phi) is 5.16. The number of nitrogens with one attached hydrogen (secondary N) is 2. The van der Waals surface area contributed by atoms with Crippen LogP contribution in [0, 0.1) is 5.82 Å². The van der Waals surface area contributed by atoms with E-state index in [0.29, 0.717) is 22.7 Å². The molecule has 0 radical (unpaired) electrons. The molecule has 0 aliphatic carbocycles. The number of halogens is 1. The number of rotatable bonds is 4. The summed E-state index contributed by atoms with van der Waals surface area (Å²) in [6.45, 7) is 3.77. The summed E-state index contributed by atoms with van der Waals surface area (Å²) in [6.07, 6.45) is 3.43. The van der Waals surface area contributed by atoms with E-state index in [1.807, 2.05) is 6.92 Å². The third-order valence-electron chi connectivity index (χ3n) is 2.86. The van der Waals surface area contributed by atoms with Crippen molar-refractivity contribution in [2.45, 2.75) is 20.3 Å². The zero-order valence-electron chi connectivity index (χ0n) is 12.5. The first-order chi connectivity index (χ1) is 10.5. The van der Waals surface area contributed by atoms with Gasteiger partial charge in [0.2, 0.25) is 0 Å². The number of pyridine rings is 1. The Balaban J connectivity index is 2.35. The zero-order valence-corrected chi connectivity index (χ0v) is 13.3. The standard InChI is InChI=1S/C14H16FN5OS/c1-4-11-12(8(2)19-20-14(21)16-3)22-13(18-11)9-5-10(15)7-17-6-9/h5-7H,4H2,1-3H3,(H2,16,20,21)/b19-8+. The SMILES string of the molecule is CCc1nc(-c2cncc(F)c2)sc1/C(C)=N/NC(=O)NC. The molecule has 0 bridgehead atoms. The number of urea groups is 1. The molecule has 2 N–H and O–H groups in total. The Labute approximate surface area is 131 Å². The Hall–Kier alpha value is -2.35. The number of hydrogen-bond acceptors (Lipinski definition) is 5. The maximum Gasteiger partial charge on any atom is 0.334 e. The molecule has 0 spiro atoms. The number of carbonyl (C=O) groups is 1. The van der Waals surface area contributed by atoms with Gasteiger partial charge in [-0.2, -0.15) is 5.10 Å². The second-order valence-electron chi connectivity index (χ2n) is 4.43. The Morgan fingerprint density at radius 1 is 1.45 bits per heavy atom. The molecule has 0 fully saturated rings. The quantitative estimate of drug-likeness (QED) is 0.671. The summed E-state index contributed by atoms with van der Waals surface area (Å²) in [5.41, 5.74) is 4.51. The van der Waals surface area contributed by atoms with Crippen molar-refractivity contribution in [2.24, 2.45) is 5.10 Å². The third kappa shape index (κ3) is 3.64. The molecule has 0 aliphatic heterocycles. The van der Waals surface area contributed by atoms with Crippen molar-refractivity contribution >= 4 is 23.1 Å². The number of hydrazone groups is 1. The largest absolute Gasteiger partial charge is 0.340 e. The zero-order chi connectivity index (χ0) is 16.1. The summed E-state index contributed by atoms with van der Waals surface area (Å²) < 4.78 is 13.3. The van der Waals surface area contributed by atoms with E-state index in [4.69, 9.17) is 0 Å². The maximum atomic E-state index is 13.3. The van der Waals surface area contributed by atoms with Gasteiger partial charge in [-0.05, 0) is 19.4 Å². The van der Waals surface area contributed by atoms with Crippen LogP contribution in [0.1, 0.15) is 24.4 Å². The van der Waals surface area contributed by atoms with Crippen molar-refractivity contribution in [3.8, 4) is 10.6 Å². The van der Waals surface area contributed by atoms with E-state index < -0.39 is 11.8 Å². The van der Waals surface area contributed by atoms with Crippen molar-refractivity contribution in [3.63, 3.8) is 0 Å². The van der Waals surface area contributed by atoms with E-state index in [9.17, 15) is 9.18 Å². The second kappa shape index (κ2) is 7.08. The van der Waals surface area contributed by atoms with Gasteiger partial charge >= 0.3 is 6.03 Å². The van der Waals surface area contributed by atoms with Gasteiger partial charge in [-0.1, -0.05) is 6.92 Å². The molecule has 0 unspecified atom stereocenters. The molecule has 8 heteroatoms. The number of thiazole rings is 1. The van der Waals surface area contributed by atoms with Gasteiger partial charge in [0, 0.05) is 18.8 Å². The lowest BCUT2D eigenvalue weighted by atomic mass is 10.2. The van der Waals surface area contributed by atoms with Crippen molar-refractivity contribution in [2.75, 3.05) is 7.05 Å². The van der Waals surface area contributed by atoms with Gasteiger partial charge in [0.05, 0.1) is 22.5 Å². The summed E-state index contributed by atoms with van der Waals surface area (Å²) in [5, 5.41) is 7.13. The van der Waals surface area contributed by atoms with Gasteiger partial charge in [0.25, 0.3) is 0 Å². The van der Waals surface area contributed by atoms with Crippen LogP contribution in [-0.2, 0) is 6.42 Å². The minimum atomic E-state index is -0.404. The molecule has 0 saturated carbocycles. The number of carbonyl (C=O) groups excluding carboxylic acids is 1. The molecule has 6 nitrogen and oxygen atoms in total. The van der Waals surface area contributed by atoms with Gasteiger partial charge in [0.1, 0.15) is 10.8 Å². The van der Waals surface area contributed by atoms with Gasteiger partial charge in [-0.3, -0.25) is 4.98 Å². The van der Waals surface area contributed by atoms with Crippen LogP contribution in [0.5, 0.6) is 0 Å². The van der Waals surface area contributed by atoms with E-state index in [0.717, 1.165) is 16.8 Å². The van der Waals surface area contributed by atoms with Gasteiger partial charge < -0.3 is 5.32 Å². The first-order valence-corrected chi connectivity index (χ1v) is 7.49. The van der Waals surface area contributed by atoms with Crippen LogP contribution in [0.15, 0.2) is 23.6 Å². The highest BCUT2D eigenvalue weighted by Gasteiger charge is 2.14. The van der Waals surface area contributed by atoms with Crippen LogP contribution in [0.2, 0.25) is 0 Å². The van der Waals surface area contributed by atoms with Crippen LogP contribution in [0.3, 0.4) is 0 Å². The van der Waals surface area contributed by atoms with Gasteiger partial charge in [-0.15, -0.1) is 11.3 Å². The minimum Gasteiger partial charge on any atom is -0.340 e. The summed E-state index contributed by atoms with van der Waals surface area (Å²) in [4.78, 5) is 20.4. The van der Waals surface area contributed by atoms with E-state index in [1.165, 1.54) is 24.5 Å². The van der Waals surface area contributed by atoms with E-state index in [2.05, 4.69) is 25.8 Å². The molecule has 2 aromatic heterocycles. The van der Waals surface area contributed by atoms with Gasteiger partial charge in [-0.25, -0.2) is 19.6 Å². The number of aromatic nitrogens is 2. The topological polar surface area (TPSA) is 79.3 Å². The molecular formula is C14H16FN5OS. The highest BCUT2D eigenvalue weighted by molar-refractivity contribution is 7.17. The van der Waals surface area contributed by atoms with Crippen LogP contribution in [0.4, 0.5) is 9.18 Å². The fourth-order valence-corrected chi connectivity index (χ4v) is 2.85. The molecule has 116 valence electrons. The number of nitrogens with zero attached hydrogens (tertiary/aromatic N) is 3. The first-order valence-electron chi connectivity index (χ1n) is 6.68. The van der Waals surface area contributed by atoms with Crippen molar-refractivity contribution in [3.05, 3.63) is 34.8 Å². The molecule has 0 atom stereocenters. The summed E-state index contributed by atoms with van der Waals surface area (Å²) in [6, 6.07) is 1.00. The maximum absolute atomic E-state index is 13.3. The number of amides is 2. The predicted octanol–water partition coefficient (Wildman–Crippen LogP) is 2.56. The normalized spacial score (nSPS) is 11.4. The summed E-state index contributed by atoms with van der Waals surface area (Å²) in [5.74, 6) is -0.404. The van der Waals surface area contributed by atoms with Crippen LogP contribution >= 0.6 is 11.3 Å². The summed E-state index contributed by atoms with van der Waals surface area (Å²) >= 11 is 1.39. The fraction of sp³-hybridized carbons (Fsp3) is 0.286. The van der Waals surface area contributed by atoms with E-state index in [-0.39, 0.29) is 0 Å². The molecule has 2 amide bonds. The molecule has 0 aromatic carbocycles. The lowest BCUT2D eigenvalue weighted by Gasteiger charge is -2.01. The van der Waals surface area contributed by atoms with Crippen LogP contribution in [-0.4, -0.2) is 28.8 Å². The third-order valence-corrected chi connectivity index (χ3v) is 4.12. The first kappa shape index (κ1) is 16.0. The highest BCUT2D eigenvalue weighted by atomic mass is 32.1. The number of hydrogen-bond donors (Lipinski definition) is 2. The van der Waals surface area contributed by atoms with Crippen molar-refractivity contribution in [1.29, 1.82) is 0 Å². The monoisotopic (exact) mass is 321 g/mol. The fourth-order valence-electron chi connectivity index (χ4n) is 1.77.